The molecule has 5 nitrogen and oxygen atoms in total. The quantitative estimate of drug-likeness (QED) is 0.153. The van der Waals surface area contributed by atoms with Crippen LogP contribution in [-0.2, 0) is 0 Å². The highest BCUT2D eigenvalue weighted by molar-refractivity contribution is 6.11. The standard InChI is InChI=1S/C63H41N5/c1-4-18-42(19-5-1)44-32-34-45(35-33-44)48-37-39-60-55(41-48)51-26-12-14-28-56(51)67(60)59-31-17-13-27-53(59)62-64-61(65-63(66-62)68-57-29-15-10-24-49(57)50-25-11-16-30-58(50)68)52-38-36-47(43-20-6-2-7-21-43)40-54(52)46-22-8-3-9-23-46/h1-41H. The molecule has 0 aliphatic rings. The topological polar surface area (TPSA) is 48.5 Å². The van der Waals surface area contributed by atoms with Gasteiger partial charge in [-0.1, -0.05) is 194 Å². The van der Waals surface area contributed by atoms with Gasteiger partial charge in [-0.25, -0.2) is 4.98 Å². The van der Waals surface area contributed by atoms with Crippen LogP contribution < -0.4 is 0 Å². The summed E-state index contributed by atoms with van der Waals surface area (Å²) < 4.78 is 4.56. The Labute approximate surface area is 393 Å². The Morgan fingerprint density at radius 3 is 1.28 bits per heavy atom. The molecule has 10 aromatic carbocycles. The Kier molecular flexibility index (Phi) is 9.43. The Balaban J connectivity index is 1.03. The molecule has 3 heterocycles. The molecule has 0 bridgehead atoms. The van der Waals surface area contributed by atoms with Crippen LogP contribution in [0.3, 0.4) is 0 Å². The van der Waals surface area contributed by atoms with Gasteiger partial charge in [0.2, 0.25) is 5.95 Å². The van der Waals surface area contributed by atoms with E-state index in [1.165, 1.54) is 33.0 Å². The third-order valence-corrected chi connectivity index (χ3v) is 13.2. The smallest absolute Gasteiger partial charge is 0.238 e. The van der Waals surface area contributed by atoms with Gasteiger partial charge >= 0.3 is 0 Å². The summed E-state index contributed by atoms with van der Waals surface area (Å²) in [7, 11) is 0. The molecule has 0 N–H and O–H groups in total. The molecule has 13 rings (SSSR count). The van der Waals surface area contributed by atoms with Crippen LogP contribution in [0.1, 0.15) is 0 Å². The lowest BCUT2D eigenvalue weighted by Gasteiger charge is -2.17. The number of rotatable bonds is 8. The lowest BCUT2D eigenvalue weighted by molar-refractivity contribution is 0.952. The first kappa shape index (κ1) is 39.2. The second-order valence-corrected chi connectivity index (χ2v) is 17.2. The summed E-state index contributed by atoms with van der Waals surface area (Å²) in [6.45, 7) is 0. The zero-order valence-corrected chi connectivity index (χ0v) is 36.9. The van der Waals surface area contributed by atoms with E-state index in [1.54, 1.807) is 0 Å². The van der Waals surface area contributed by atoms with Crippen molar-refractivity contribution in [1.82, 2.24) is 24.1 Å². The third-order valence-electron chi connectivity index (χ3n) is 13.2. The Bertz CT molecular complexity index is 3950. The second kappa shape index (κ2) is 16.4. The summed E-state index contributed by atoms with van der Waals surface area (Å²) in [4.78, 5) is 16.4. The van der Waals surface area contributed by atoms with E-state index in [9.17, 15) is 0 Å². The normalized spacial score (nSPS) is 11.5. The third kappa shape index (κ3) is 6.68. The van der Waals surface area contributed by atoms with Gasteiger partial charge < -0.3 is 4.57 Å². The van der Waals surface area contributed by atoms with Crippen molar-refractivity contribution in [3.8, 4) is 78.9 Å². The Hall–Kier alpha value is -9.19. The van der Waals surface area contributed by atoms with Crippen LogP contribution in [0.15, 0.2) is 249 Å². The van der Waals surface area contributed by atoms with Crippen molar-refractivity contribution in [2.24, 2.45) is 0 Å². The summed E-state index contributed by atoms with van der Waals surface area (Å²) in [6, 6.07) is 88.2. The lowest BCUT2D eigenvalue weighted by atomic mass is 9.94. The van der Waals surface area contributed by atoms with Crippen LogP contribution in [0, 0.1) is 0 Å². The average molecular weight is 868 g/mol. The molecular weight excluding hydrogens is 827 g/mol. The first-order valence-corrected chi connectivity index (χ1v) is 23.0. The van der Waals surface area contributed by atoms with Crippen molar-refractivity contribution in [1.29, 1.82) is 0 Å². The summed E-state index contributed by atoms with van der Waals surface area (Å²) in [5, 5.41) is 4.63. The van der Waals surface area contributed by atoms with E-state index in [4.69, 9.17) is 15.0 Å². The van der Waals surface area contributed by atoms with Crippen molar-refractivity contribution in [2.45, 2.75) is 0 Å². The molecule has 0 saturated carbocycles. The SMILES string of the molecule is c1ccc(-c2ccc(-c3ccc4c(c3)c3ccccc3n4-c3ccccc3-c3nc(-c4ccc(-c5ccccc5)cc4-c4ccccc4)nc(-n4c5ccccc5c5ccccc54)n3)cc2)cc1. The van der Waals surface area contributed by atoms with E-state index in [0.717, 1.165) is 71.9 Å². The van der Waals surface area contributed by atoms with Crippen LogP contribution in [-0.4, -0.2) is 24.1 Å². The van der Waals surface area contributed by atoms with Gasteiger partial charge in [-0.05, 0) is 99.1 Å². The maximum atomic E-state index is 5.50. The highest BCUT2D eigenvalue weighted by Gasteiger charge is 2.23. The number of benzene rings is 10. The van der Waals surface area contributed by atoms with Gasteiger partial charge in [0.1, 0.15) is 0 Å². The fourth-order valence-electron chi connectivity index (χ4n) is 10.0. The molecule has 0 saturated heterocycles. The minimum Gasteiger partial charge on any atom is -0.309 e. The maximum Gasteiger partial charge on any atom is 0.238 e. The number of hydrogen-bond donors (Lipinski definition) is 0. The largest absolute Gasteiger partial charge is 0.309 e. The molecule has 0 radical (unpaired) electrons. The molecule has 13 aromatic rings. The molecule has 0 atom stereocenters. The molecule has 0 spiro atoms. The summed E-state index contributed by atoms with van der Waals surface area (Å²) in [6.07, 6.45) is 0. The van der Waals surface area contributed by atoms with E-state index < -0.39 is 0 Å². The predicted molar refractivity (Wildman–Crippen MR) is 281 cm³/mol. The molecule has 3 aromatic heterocycles. The van der Waals surface area contributed by atoms with Crippen LogP contribution in [0.5, 0.6) is 0 Å². The van der Waals surface area contributed by atoms with Crippen molar-refractivity contribution >= 4 is 43.6 Å². The fourth-order valence-corrected chi connectivity index (χ4v) is 10.0. The van der Waals surface area contributed by atoms with Crippen LogP contribution >= 0.6 is 0 Å². The van der Waals surface area contributed by atoms with Gasteiger partial charge in [0.05, 0.1) is 27.8 Å². The highest BCUT2D eigenvalue weighted by atomic mass is 15.2. The molecule has 318 valence electrons. The van der Waals surface area contributed by atoms with Crippen molar-refractivity contribution in [3.05, 3.63) is 249 Å². The zero-order valence-electron chi connectivity index (χ0n) is 36.9. The number of nitrogens with zero attached hydrogens (tertiary/aromatic N) is 5. The molecular formula is C63H41N5. The average Bonchev–Trinajstić information content (AvgIpc) is 3.94. The first-order valence-electron chi connectivity index (χ1n) is 23.0. The second-order valence-electron chi connectivity index (χ2n) is 17.2. The van der Waals surface area contributed by atoms with Crippen molar-refractivity contribution in [2.75, 3.05) is 0 Å². The van der Waals surface area contributed by atoms with E-state index in [-0.39, 0.29) is 0 Å². The van der Waals surface area contributed by atoms with Gasteiger partial charge in [-0.2, -0.15) is 9.97 Å². The van der Waals surface area contributed by atoms with Gasteiger partial charge in [0.15, 0.2) is 11.6 Å². The maximum absolute atomic E-state index is 5.50. The number of hydrogen-bond acceptors (Lipinski definition) is 3. The minimum absolute atomic E-state index is 0.550. The molecule has 0 fully saturated rings. The number of para-hydroxylation sites is 4. The molecule has 0 unspecified atom stereocenters. The molecule has 0 aliphatic heterocycles. The lowest BCUT2D eigenvalue weighted by Crippen LogP contribution is -2.08. The molecule has 5 heteroatoms. The van der Waals surface area contributed by atoms with Gasteiger partial charge in [0, 0.05) is 32.7 Å². The van der Waals surface area contributed by atoms with Crippen molar-refractivity contribution < 1.29 is 0 Å². The molecule has 68 heavy (non-hydrogen) atoms. The van der Waals surface area contributed by atoms with Gasteiger partial charge in [0.25, 0.3) is 0 Å². The summed E-state index contributed by atoms with van der Waals surface area (Å²) in [5.41, 5.74) is 16.2. The van der Waals surface area contributed by atoms with Crippen LogP contribution in [0.2, 0.25) is 0 Å². The van der Waals surface area contributed by atoms with Crippen LogP contribution in [0.25, 0.3) is 123 Å². The van der Waals surface area contributed by atoms with E-state index in [2.05, 4.69) is 258 Å². The van der Waals surface area contributed by atoms with Gasteiger partial charge in [-0.15, -0.1) is 0 Å². The fraction of sp³-hybridized carbons (Fsp3) is 0. The first-order chi connectivity index (χ1) is 33.7. The van der Waals surface area contributed by atoms with Gasteiger partial charge in [-0.3, -0.25) is 4.57 Å². The summed E-state index contributed by atoms with van der Waals surface area (Å²) in [5.74, 6) is 1.72. The predicted octanol–water partition coefficient (Wildman–Crippen LogP) is 16.1. The Morgan fingerprint density at radius 2 is 0.647 bits per heavy atom. The molecule has 0 amide bonds. The van der Waals surface area contributed by atoms with Crippen molar-refractivity contribution in [3.63, 3.8) is 0 Å². The van der Waals surface area contributed by atoms with Crippen LogP contribution in [0.4, 0.5) is 0 Å². The Morgan fingerprint density at radius 1 is 0.235 bits per heavy atom. The molecule has 0 aliphatic carbocycles. The zero-order chi connectivity index (χ0) is 45.0. The summed E-state index contributed by atoms with van der Waals surface area (Å²) >= 11 is 0. The highest BCUT2D eigenvalue weighted by Crippen LogP contribution is 2.40. The van der Waals surface area contributed by atoms with E-state index in [0.29, 0.717) is 17.6 Å². The number of fused-ring (bicyclic) bond motifs is 6. The van der Waals surface area contributed by atoms with E-state index >= 15 is 0 Å². The van der Waals surface area contributed by atoms with E-state index in [1.807, 2.05) is 0 Å². The number of aromatic nitrogens is 5. The minimum atomic E-state index is 0.550. The monoisotopic (exact) mass is 867 g/mol.